The van der Waals surface area contributed by atoms with E-state index in [1.165, 1.54) is 0 Å². The lowest BCUT2D eigenvalue weighted by Crippen LogP contribution is -2.43. The summed E-state index contributed by atoms with van der Waals surface area (Å²) in [4.78, 5) is 24.6. The molecule has 1 aliphatic heterocycles. The highest BCUT2D eigenvalue weighted by atomic mass is 16.5. The maximum absolute atomic E-state index is 12.2. The fourth-order valence-corrected chi connectivity index (χ4v) is 2.52. The predicted molar refractivity (Wildman–Crippen MR) is 78.4 cm³/mol. The number of likely N-dealkylation sites (N-methyl/N-ethyl adjacent to an activating group) is 1. The van der Waals surface area contributed by atoms with Crippen molar-refractivity contribution in [3.63, 3.8) is 0 Å². The van der Waals surface area contributed by atoms with Crippen molar-refractivity contribution in [2.45, 2.75) is 31.9 Å². The van der Waals surface area contributed by atoms with E-state index >= 15 is 0 Å². The second-order valence-electron chi connectivity index (χ2n) is 5.24. The highest BCUT2D eigenvalue weighted by molar-refractivity contribution is 5.89. The first-order valence-corrected chi connectivity index (χ1v) is 6.93. The second-order valence-corrected chi connectivity index (χ2v) is 5.24. The molecule has 0 aromatic heterocycles. The van der Waals surface area contributed by atoms with Gasteiger partial charge in [0.2, 0.25) is 0 Å². The summed E-state index contributed by atoms with van der Waals surface area (Å²) in [6.45, 7) is 2.62. The second kappa shape index (κ2) is 6.58. The van der Waals surface area contributed by atoms with E-state index in [0.717, 1.165) is 6.42 Å². The molecule has 114 valence electrons. The van der Waals surface area contributed by atoms with Crippen molar-refractivity contribution in [2.24, 2.45) is 0 Å². The average molecular weight is 292 g/mol. The van der Waals surface area contributed by atoms with Crippen LogP contribution >= 0.6 is 0 Å². The van der Waals surface area contributed by atoms with Gasteiger partial charge in [-0.25, -0.2) is 4.79 Å². The number of aliphatic carboxylic acids is 1. The SMILES string of the molecule is CC1OCCC1N(C)C(=O)Nc1cccc(CC(=O)O)c1. The molecule has 1 aromatic rings. The first-order chi connectivity index (χ1) is 9.97. The summed E-state index contributed by atoms with van der Waals surface area (Å²) in [7, 11) is 1.74. The number of carboxylic acid groups (broad SMARTS) is 1. The zero-order chi connectivity index (χ0) is 15.4. The summed E-state index contributed by atoms with van der Waals surface area (Å²) in [5.41, 5.74) is 1.25. The molecule has 2 atom stereocenters. The minimum absolute atomic E-state index is 0.0269. The molecule has 2 N–H and O–H groups in total. The van der Waals surface area contributed by atoms with E-state index in [-0.39, 0.29) is 24.6 Å². The number of ether oxygens (including phenoxy) is 1. The van der Waals surface area contributed by atoms with Crippen molar-refractivity contribution in [3.05, 3.63) is 29.8 Å². The number of nitrogens with zero attached hydrogens (tertiary/aromatic N) is 1. The Bertz CT molecular complexity index is 532. The Labute approximate surface area is 123 Å². The molecule has 2 unspecified atom stereocenters. The number of rotatable bonds is 4. The number of benzene rings is 1. The largest absolute Gasteiger partial charge is 0.481 e. The molecule has 2 rings (SSSR count). The van der Waals surface area contributed by atoms with Crippen molar-refractivity contribution in [2.75, 3.05) is 19.0 Å². The van der Waals surface area contributed by atoms with Crippen molar-refractivity contribution >= 4 is 17.7 Å². The van der Waals surface area contributed by atoms with Crippen molar-refractivity contribution in [1.29, 1.82) is 0 Å². The van der Waals surface area contributed by atoms with E-state index in [9.17, 15) is 9.59 Å². The first-order valence-electron chi connectivity index (χ1n) is 6.93. The molecule has 6 heteroatoms. The van der Waals surface area contributed by atoms with Crippen molar-refractivity contribution in [1.82, 2.24) is 4.90 Å². The summed E-state index contributed by atoms with van der Waals surface area (Å²) >= 11 is 0. The highest BCUT2D eigenvalue weighted by Gasteiger charge is 2.30. The number of carbonyl (C=O) groups excluding carboxylic acids is 1. The number of hydrogen-bond acceptors (Lipinski definition) is 3. The summed E-state index contributed by atoms with van der Waals surface area (Å²) in [6.07, 6.45) is 0.788. The molecular weight excluding hydrogens is 272 g/mol. The maximum atomic E-state index is 12.2. The van der Waals surface area contributed by atoms with Gasteiger partial charge < -0.3 is 20.1 Å². The zero-order valence-corrected chi connectivity index (χ0v) is 12.2. The minimum atomic E-state index is -0.896. The molecule has 1 aliphatic rings. The Hall–Kier alpha value is -2.08. The van der Waals surface area contributed by atoms with Crippen LogP contribution in [0.25, 0.3) is 0 Å². The Morgan fingerprint density at radius 2 is 2.24 bits per heavy atom. The molecule has 1 saturated heterocycles. The number of carbonyl (C=O) groups is 2. The number of carboxylic acids is 1. The fourth-order valence-electron chi connectivity index (χ4n) is 2.52. The lowest BCUT2D eigenvalue weighted by atomic mass is 10.1. The van der Waals surface area contributed by atoms with Crippen LogP contribution in [-0.2, 0) is 16.0 Å². The molecule has 6 nitrogen and oxygen atoms in total. The minimum Gasteiger partial charge on any atom is -0.481 e. The van der Waals surface area contributed by atoms with Crippen LogP contribution in [0, 0.1) is 0 Å². The summed E-state index contributed by atoms with van der Waals surface area (Å²) in [5.74, 6) is -0.896. The van der Waals surface area contributed by atoms with Crippen LogP contribution in [0.5, 0.6) is 0 Å². The number of hydrogen-bond donors (Lipinski definition) is 2. The van der Waals surface area contributed by atoms with E-state index in [0.29, 0.717) is 17.9 Å². The predicted octanol–water partition coefficient (Wildman–Crippen LogP) is 1.95. The van der Waals surface area contributed by atoms with Crippen LogP contribution in [0.2, 0.25) is 0 Å². The van der Waals surface area contributed by atoms with Gasteiger partial charge >= 0.3 is 12.0 Å². The lowest BCUT2D eigenvalue weighted by Gasteiger charge is -2.27. The third-order valence-electron chi connectivity index (χ3n) is 3.69. The third-order valence-corrected chi connectivity index (χ3v) is 3.69. The topological polar surface area (TPSA) is 78.9 Å². The molecule has 21 heavy (non-hydrogen) atoms. The van der Waals surface area contributed by atoms with E-state index in [1.54, 1.807) is 36.2 Å². The van der Waals surface area contributed by atoms with Gasteiger partial charge in [0.05, 0.1) is 18.6 Å². The van der Waals surface area contributed by atoms with Gasteiger partial charge in [0.1, 0.15) is 0 Å². The number of amides is 2. The van der Waals surface area contributed by atoms with Gasteiger partial charge in [-0.15, -0.1) is 0 Å². The zero-order valence-electron chi connectivity index (χ0n) is 12.2. The molecule has 1 fully saturated rings. The standard InChI is InChI=1S/C15H20N2O4/c1-10-13(6-7-21-10)17(2)15(20)16-12-5-3-4-11(8-12)9-14(18)19/h3-5,8,10,13H,6-7,9H2,1-2H3,(H,16,20)(H,18,19). The molecule has 1 aromatic carbocycles. The number of anilines is 1. The summed E-state index contributed by atoms with van der Waals surface area (Å²) in [5, 5.41) is 11.6. The molecule has 0 radical (unpaired) electrons. The smallest absolute Gasteiger partial charge is 0.321 e. The van der Waals surface area contributed by atoms with Crippen LogP contribution in [0.1, 0.15) is 18.9 Å². The molecule has 2 amide bonds. The summed E-state index contributed by atoms with van der Waals surface area (Å²) < 4.78 is 5.46. The first kappa shape index (κ1) is 15.3. The quantitative estimate of drug-likeness (QED) is 0.889. The van der Waals surface area contributed by atoms with Gasteiger partial charge in [0, 0.05) is 19.3 Å². The number of nitrogens with one attached hydrogen (secondary N) is 1. The van der Waals surface area contributed by atoms with Crippen LogP contribution < -0.4 is 5.32 Å². The Balaban J connectivity index is 2.00. The van der Waals surface area contributed by atoms with E-state index in [2.05, 4.69) is 5.32 Å². The molecule has 0 saturated carbocycles. The molecular formula is C15H20N2O4. The normalized spacial score (nSPS) is 21.0. The maximum Gasteiger partial charge on any atom is 0.321 e. The van der Waals surface area contributed by atoms with Gasteiger partial charge in [-0.3, -0.25) is 4.79 Å². The molecule has 0 bridgehead atoms. The van der Waals surface area contributed by atoms with Gasteiger partial charge in [-0.05, 0) is 31.0 Å². The van der Waals surface area contributed by atoms with Crippen LogP contribution in [0.3, 0.4) is 0 Å². The third kappa shape index (κ3) is 3.95. The van der Waals surface area contributed by atoms with Crippen LogP contribution in [0.4, 0.5) is 10.5 Å². The lowest BCUT2D eigenvalue weighted by molar-refractivity contribution is -0.136. The van der Waals surface area contributed by atoms with E-state index in [4.69, 9.17) is 9.84 Å². The van der Waals surface area contributed by atoms with E-state index in [1.807, 2.05) is 6.92 Å². The Morgan fingerprint density at radius 3 is 2.86 bits per heavy atom. The Morgan fingerprint density at radius 1 is 1.48 bits per heavy atom. The highest BCUT2D eigenvalue weighted by Crippen LogP contribution is 2.19. The fraction of sp³-hybridized carbons (Fsp3) is 0.467. The summed E-state index contributed by atoms with van der Waals surface area (Å²) in [6, 6.07) is 6.72. The molecule has 0 aliphatic carbocycles. The molecule has 0 spiro atoms. The average Bonchev–Trinajstić information content (AvgIpc) is 2.83. The van der Waals surface area contributed by atoms with Crippen molar-refractivity contribution in [3.8, 4) is 0 Å². The van der Waals surface area contributed by atoms with Crippen LogP contribution in [-0.4, -0.2) is 47.8 Å². The van der Waals surface area contributed by atoms with E-state index < -0.39 is 5.97 Å². The monoisotopic (exact) mass is 292 g/mol. The van der Waals surface area contributed by atoms with Crippen molar-refractivity contribution < 1.29 is 19.4 Å². The van der Waals surface area contributed by atoms with Gasteiger partial charge in [0.25, 0.3) is 0 Å². The number of urea groups is 1. The van der Waals surface area contributed by atoms with Gasteiger partial charge in [0.15, 0.2) is 0 Å². The van der Waals surface area contributed by atoms with Crippen LogP contribution in [0.15, 0.2) is 24.3 Å². The van der Waals surface area contributed by atoms with Gasteiger partial charge in [-0.1, -0.05) is 12.1 Å². The molecule has 1 heterocycles. The Kier molecular flexibility index (Phi) is 4.80. The van der Waals surface area contributed by atoms with Gasteiger partial charge in [-0.2, -0.15) is 0 Å².